The lowest BCUT2D eigenvalue weighted by Crippen LogP contribution is -2.47. The van der Waals surface area contributed by atoms with E-state index in [2.05, 4.69) is 12.2 Å². The summed E-state index contributed by atoms with van der Waals surface area (Å²) in [7, 11) is 1.58. The number of amides is 1. The molecule has 0 spiro atoms. The van der Waals surface area contributed by atoms with Crippen molar-refractivity contribution < 1.29 is 9.53 Å². The number of hydrogen-bond donors (Lipinski definition) is 2. The van der Waals surface area contributed by atoms with Crippen molar-refractivity contribution in [1.82, 2.24) is 5.32 Å². The molecule has 0 aromatic heterocycles. The number of nitrogens with two attached hydrogens (primary N) is 1. The van der Waals surface area contributed by atoms with Gasteiger partial charge in [-0.3, -0.25) is 4.79 Å². The Morgan fingerprint density at radius 1 is 1.32 bits per heavy atom. The number of anilines is 1. The smallest absolute Gasteiger partial charge is 0.253 e. The Morgan fingerprint density at radius 3 is 2.58 bits per heavy atom. The Balaban J connectivity index is 2.11. The molecule has 2 rings (SSSR count). The third-order valence-electron chi connectivity index (χ3n) is 3.88. The Morgan fingerprint density at radius 2 is 2.00 bits per heavy atom. The Hall–Kier alpha value is -1.71. The maximum atomic E-state index is 12.3. The first-order valence-corrected chi connectivity index (χ1v) is 6.80. The highest BCUT2D eigenvalue weighted by molar-refractivity contribution is 5.99. The van der Waals surface area contributed by atoms with E-state index in [1.165, 1.54) is 19.3 Å². The SMILES string of the molecule is COc1ccc(C(=O)NC2(C)CCCCC2)c(N)c1. The zero-order valence-corrected chi connectivity index (χ0v) is 11.7. The predicted octanol–water partition coefficient (Wildman–Crippen LogP) is 2.73. The molecule has 104 valence electrons. The standard InChI is InChI=1S/C15H22N2O2/c1-15(8-4-3-5-9-15)17-14(18)12-7-6-11(19-2)10-13(12)16/h6-7,10H,3-5,8-9,16H2,1-2H3,(H,17,18). The third kappa shape index (κ3) is 3.19. The molecule has 4 heteroatoms. The van der Waals surface area contributed by atoms with Crippen molar-refractivity contribution >= 4 is 11.6 Å². The molecule has 1 amide bonds. The van der Waals surface area contributed by atoms with Gasteiger partial charge in [-0.15, -0.1) is 0 Å². The van der Waals surface area contributed by atoms with Crippen LogP contribution in [0, 0.1) is 0 Å². The zero-order chi connectivity index (χ0) is 13.9. The van der Waals surface area contributed by atoms with Crippen LogP contribution in [0.3, 0.4) is 0 Å². The first-order valence-electron chi connectivity index (χ1n) is 6.80. The van der Waals surface area contributed by atoms with Gasteiger partial charge in [-0.25, -0.2) is 0 Å². The van der Waals surface area contributed by atoms with E-state index in [4.69, 9.17) is 10.5 Å². The maximum absolute atomic E-state index is 12.3. The molecule has 0 saturated heterocycles. The lowest BCUT2D eigenvalue weighted by molar-refractivity contribution is 0.0883. The first-order chi connectivity index (χ1) is 9.04. The van der Waals surface area contributed by atoms with Crippen LogP contribution in [0.25, 0.3) is 0 Å². The predicted molar refractivity (Wildman–Crippen MR) is 76.4 cm³/mol. The van der Waals surface area contributed by atoms with E-state index >= 15 is 0 Å². The summed E-state index contributed by atoms with van der Waals surface area (Å²) in [5.74, 6) is 0.572. The molecule has 0 atom stereocenters. The number of benzene rings is 1. The van der Waals surface area contributed by atoms with Crippen LogP contribution in [0.5, 0.6) is 5.75 Å². The fourth-order valence-corrected chi connectivity index (χ4v) is 2.67. The molecular formula is C15H22N2O2. The molecular weight excluding hydrogens is 240 g/mol. The van der Waals surface area contributed by atoms with E-state index in [1.54, 1.807) is 25.3 Å². The monoisotopic (exact) mass is 262 g/mol. The van der Waals surface area contributed by atoms with E-state index in [9.17, 15) is 4.79 Å². The van der Waals surface area contributed by atoms with Gasteiger partial charge in [0, 0.05) is 17.3 Å². The minimum absolute atomic E-state index is 0.0930. The summed E-state index contributed by atoms with van der Waals surface area (Å²) in [5.41, 5.74) is 6.79. The number of hydrogen-bond acceptors (Lipinski definition) is 3. The number of ether oxygens (including phenoxy) is 1. The molecule has 4 nitrogen and oxygen atoms in total. The summed E-state index contributed by atoms with van der Waals surface area (Å²) in [6.45, 7) is 2.11. The van der Waals surface area contributed by atoms with Gasteiger partial charge in [0.1, 0.15) is 5.75 Å². The lowest BCUT2D eigenvalue weighted by Gasteiger charge is -2.34. The number of nitrogen functional groups attached to an aromatic ring is 1. The minimum Gasteiger partial charge on any atom is -0.497 e. The topological polar surface area (TPSA) is 64.3 Å². The van der Waals surface area contributed by atoms with Gasteiger partial charge in [-0.1, -0.05) is 19.3 Å². The van der Waals surface area contributed by atoms with Crippen molar-refractivity contribution in [1.29, 1.82) is 0 Å². The van der Waals surface area contributed by atoms with Crippen LogP contribution in [-0.2, 0) is 0 Å². The van der Waals surface area contributed by atoms with E-state index in [0.29, 0.717) is 17.0 Å². The van der Waals surface area contributed by atoms with E-state index in [0.717, 1.165) is 12.8 Å². The van der Waals surface area contributed by atoms with Crippen LogP contribution >= 0.6 is 0 Å². The van der Waals surface area contributed by atoms with Gasteiger partial charge >= 0.3 is 0 Å². The summed E-state index contributed by atoms with van der Waals surface area (Å²) in [5, 5.41) is 3.13. The number of methoxy groups -OCH3 is 1. The van der Waals surface area contributed by atoms with Crippen molar-refractivity contribution in [2.24, 2.45) is 0 Å². The highest BCUT2D eigenvalue weighted by Gasteiger charge is 2.29. The Bertz CT molecular complexity index is 465. The fraction of sp³-hybridized carbons (Fsp3) is 0.533. The second-order valence-electron chi connectivity index (χ2n) is 5.53. The first kappa shape index (κ1) is 13.7. The van der Waals surface area contributed by atoms with Gasteiger partial charge in [-0.05, 0) is 31.9 Å². The van der Waals surface area contributed by atoms with E-state index in [1.807, 2.05) is 0 Å². The lowest BCUT2D eigenvalue weighted by atomic mass is 9.83. The number of carbonyl (C=O) groups is 1. The average molecular weight is 262 g/mol. The average Bonchev–Trinajstić information content (AvgIpc) is 2.38. The third-order valence-corrected chi connectivity index (χ3v) is 3.88. The van der Waals surface area contributed by atoms with Crippen molar-refractivity contribution in [3.05, 3.63) is 23.8 Å². The number of carbonyl (C=O) groups excluding carboxylic acids is 1. The Labute approximate surface area is 114 Å². The molecule has 0 unspecified atom stereocenters. The molecule has 1 aromatic carbocycles. The quantitative estimate of drug-likeness (QED) is 0.823. The maximum Gasteiger partial charge on any atom is 0.253 e. The summed E-state index contributed by atoms with van der Waals surface area (Å²) in [6.07, 6.45) is 5.68. The largest absolute Gasteiger partial charge is 0.497 e. The molecule has 0 radical (unpaired) electrons. The minimum atomic E-state index is -0.0955. The Kier molecular flexibility index (Phi) is 3.98. The van der Waals surface area contributed by atoms with Crippen LogP contribution in [0.2, 0.25) is 0 Å². The van der Waals surface area contributed by atoms with Crippen molar-refractivity contribution in [3.8, 4) is 5.75 Å². The summed E-state index contributed by atoms with van der Waals surface area (Å²) < 4.78 is 5.09. The zero-order valence-electron chi connectivity index (χ0n) is 11.7. The molecule has 0 bridgehead atoms. The summed E-state index contributed by atoms with van der Waals surface area (Å²) in [6, 6.07) is 5.16. The van der Waals surface area contributed by atoms with Crippen LogP contribution in [0.15, 0.2) is 18.2 Å². The van der Waals surface area contributed by atoms with E-state index in [-0.39, 0.29) is 11.4 Å². The van der Waals surface area contributed by atoms with Crippen LogP contribution < -0.4 is 15.8 Å². The van der Waals surface area contributed by atoms with E-state index < -0.39 is 0 Å². The van der Waals surface area contributed by atoms with Gasteiger partial charge < -0.3 is 15.8 Å². The molecule has 0 aliphatic heterocycles. The number of nitrogens with one attached hydrogen (secondary N) is 1. The second kappa shape index (κ2) is 5.51. The van der Waals surface area contributed by atoms with Gasteiger partial charge in [0.2, 0.25) is 0 Å². The van der Waals surface area contributed by atoms with Crippen molar-refractivity contribution in [3.63, 3.8) is 0 Å². The van der Waals surface area contributed by atoms with Crippen LogP contribution in [-0.4, -0.2) is 18.6 Å². The second-order valence-corrected chi connectivity index (χ2v) is 5.53. The molecule has 19 heavy (non-hydrogen) atoms. The molecule has 1 saturated carbocycles. The summed E-state index contributed by atoms with van der Waals surface area (Å²) >= 11 is 0. The molecule has 1 aliphatic carbocycles. The molecule has 0 heterocycles. The van der Waals surface area contributed by atoms with Gasteiger partial charge in [0.05, 0.1) is 12.7 Å². The highest BCUT2D eigenvalue weighted by atomic mass is 16.5. The molecule has 1 fully saturated rings. The van der Waals surface area contributed by atoms with Crippen molar-refractivity contribution in [2.75, 3.05) is 12.8 Å². The van der Waals surface area contributed by atoms with Gasteiger partial charge in [-0.2, -0.15) is 0 Å². The van der Waals surface area contributed by atoms with Crippen molar-refractivity contribution in [2.45, 2.75) is 44.6 Å². The number of rotatable bonds is 3. The van der Waals surface area contributed by atoms with Crippen LogP contribution in [0.4, 0.5) is 5.69 Å². The summed E-state index contributed by atoms with van der Waals surface area (Å²) in [4.78, 5) is 12.3. The molecule has 1 aliphatic rings. The van der Waals surface area contributed by atoms with Gasteiger partial charge in [0.15, 0.2) is 0 Å². The fourth-order valence-electron chi connectivity index (χ4n) is 2.67. The molecule has 1 aromatic rings. The normalized spacial score (nSPS) is 17.8. The van der Waals surface area contributed by atoms with Crippen LogP contribution in [0.1, 0.15) is 49.4 Å². The highest BCUT2D eigenvalue weighted by Crippen LogP contribution is 2.28. The van der Waals surface area contributed by atoms with Gasteiger partial charge in [0.25, 0.3) is 5.91 Å². The molecule has 3 N–H and O–H groups in total.